The van der Waals surface area contributed by atoms with Gasteiger partial charge in [0.1, 0.15) is 4.88 Å². The summed E-state index contributed by atoms with van der Waals surface area (Å²) in [4.78, 5) is 16.7. The Morgan fingerprint density at radius 2 is 1.92 bits per heavy atom. The third-order valence-corrected chi connectivity index (χ3v) is 5.70. The molecule has 2 rings (SSSR count). The number of sulfonamides is 1. The molecule has 0 aliphatic heterocycles. The number of aryl methyl sites for hydroxylation is 2. The molecule has 24 heavy (non-hydrogen) atoms. The molecule has 0 saturated carbocycles. The van der Waals surface area contributed by atoms with Crippen LogP contribution in [0.3, 0.4) is 0 Å². The minimum absolute atomic E-state index is 0.145. The van der Waals surface area contributed by atoms with Crippen molar-refractivity contribution in [2.75, 3.05) is 25.0 Å². The van der Waals surface area contributed by atoms with E-state index in [4.69, 9.17) is 4.74 Å². The van der Waals surface area contributed by atoms with E-state index in [1.807, 2.05) is 6.92 Å². The van der Waals surface area contributed by atoms with Gasteiger partial charge in [-0.05, 0) is 26.0 Å². The molecule has 0 aliphatic carbocycles. The predicted octanol–water partition coefficient (Wildman–Crippen LogP) is 1.94. The molecule has 0 atom stereocenters. The molecule has 9 heteroatoms. The smallest absolute Gasteiger partial charge is 0.263 e. The zero-order valence-corrected chi connectivity index (χ0v) is 15.3. The number of hydrogen-bond donors (Lipinski definition) is 2. The molecular weight excluding hydrogens is 350 g/mol. The van der Waals surface area contributed by atoms with E-state index in [1.54, 1.807) is 26.2 Å². The summed E-state index contributed by atoms with van der Waals surface area (Å²) in [5.74, 6) is -0.303. The second-order valence-corrected chi connectivity index (χ2v) is 7.78. The summed E-state index contributed by atoms with van der Waals surface area (Å²) < 4.78 is 32.0. The van der Waals surface area contributed by atoms with Crippen LogP contribution in [0, 0.1) is 13.8 Å². The fraction of sp³-hybridized carbons (Fsp3) is 0.333. The summed E-state index contributed by atoms with van der Waals surface area (Å²) in [5.41, 5.74) is 1.44. The minimum atomic E-state index is -3.73. The van der Waals surface area contributed by atoms with Gasteiger partial charge in [-0.25, -0.2) is 13.4 Å². The van der Waals surface area contributed by atoms with E-state index >= 15 is 0 Å². The maximum atomic E-state index is 12.4. The lowest BCUT2D eigenvalue weighted by atomic mass is 10.2. The van der Waals surface area contributed by atoms with Crippen molar-refractivity contribution in [3.8, 4) is 0 Å². The summed E-state index contributed by atoms with van der Waals surface area (Å²) in [7, 11) is -2.19. The summed E-state index contributed by atoms with van der Waals surface area (Å²) >= 11 is 0.996. The number of hydrogen-bond acceptors (Lipinski definition) is 6. The number of amides is 1. The Morgan fingerprint density at radius 1 is 1.25 bits per heavy atom. The van der Waals surface area contributed by atoms with Gasteiger partial charge < -0.3 is 10.1 Å². The van der Waals surface area contributed by atoms with Gasteiger partial charge in [-0.2, -0.15) is 0 Å². The number of ether oxygens (including phenoxy) is 1. The van der Waals surface area contributed by atoms with Crippen LogP contribution in [0.25, 0.3) is 0 Å². The molecule has 2 N–H and O–H groups in total. The number of rotatable bonds is 7. The summed E-state index contributed by atoms with van der Waals surface area (Å²) in [6.45, 7) is 4.31. The molecule has 0 spiro atoms. The maximum absolute atomic E-state index is 12.4. The van der Waals surface area contributed by atoms with Gasteiger partial charge >= 0.3 is 0 Å². The summed E-state index contributed by atoms with van der Waals surface area (Å²) in [5, 5.41) is 2.84. The first kappa shape index (κ1) is 18.4. The van der Waals surface area contributed by atoms with E-state index in [9.17, 15) is 13.2 Å². The number of nitrogens with one attached hydrogen (secondary N) is 2. The van der Waals surface area contributed by atoms with E-state index in [0.29, 0.717) is 23.7 Å². The topological polar surface area (TPSA) is 97.4 Å². The predicted molar refractivity (Wildman–Crippen MR) is 93.0 cm³/mol. The Balaban J connectivity index is 2.14. The highest BCUT2D eigenvalue weighted by Crippen LogP contribution is 2.25. The molecule has 0 unspecified atom stereocenters. The fourth-order valence-corrected chi connectivity index (χ4v) is 4.01. The van der Waals surface area contributed by atoms with E-state index < -0.39 is 10.0 Å². The molecular formula is C15H19N3O4S2. The molecule has 0 radical (unpaired) electrons. The van der Waals surface area contributed by atoms with Gasteiger partial charge in [-0.1, -0.05) is 29.0 Å². The van der Waals surface area contributed by atoms with Crippen molar-refractivity contribution in [2.45, 2.75) is 18.7 Å². The number of nitrogens with zero attached hydrogens (tertiary/aromatic N) is 1. The summed E-state index contributed by atoms with van der Waals surface area (Å²) in [6.07, 6.45) is 0. The quantitative estimate of drug-likeness (QED) is 0.727. The number of benzene rings is 1. The van der Waals surface area contributed by atoms with Crippen LogP contribution >= 0.6 is 11.3 Å². The third-order valence-electron chi connectivity index (χ3n) is 3.15. The highest BCUT2D eigenvalue weighted by atomic mass is 32.2. The maximum Gasteiger partial charge on any atom is 0.263 e. The SMILES string of the molecule is COCCNC(=O)c1sc(NS(=O)(=O)c2ccc(C)cc2)nc1C. The number of anilines is 1. The van der Waals surface area contributed by atoms with Gasteiger partial charge in [0.2, 0.25) is 0 Å². The molecule has 1 aromatic carbocycles. The van der Waals surface area contributed by atoms with Crippen molar-refractivity contribution in [2.24, 2.45) is 0 Å². The normalized spacial score (nSPS) is 11.3. The Kier molecular flexibility index (Phi) is 5.92. The molecule has 130 valence electrons. The van der Waals surface area contributed by atoms with Crippen LogP contribution < -0.4 is 10.0 Å². The molecule has 0 aliphatic rings. The number of thiazole rings is 1. The van der Waals surface area contributed by atoms with Crippen molar-refractivity contribution in [1.29, 1.82) is 0 Å². The Bertz CT molecular complexity index is 814. The van der Waals surface area contributed by atoms with Crippen molar-refractivity contribution >= 4 is 32.4 Å². The van der Waals surface area contributed by atoms with Crippen molar-refractivity contribution in [3.05, 3.63) is 40.4 Å². The fourth-order valence-electron chi connectivity index (χ4n) is 1.89. The Hall–Kier alpha value is -1.97. The van der Waals surface area contributed by atoms with Crippen molar-refractivity contribution in [3.63, 3.8) is 0 Å². The van der Waals surface area contributed by atoms with Gasteiger partial charge in [0.25, 0.3) is 15.9 Å². The minimum Gasteiger partial charge on any atom is -0.383 e. The molecule has 2 aromatic rings. The number of carbonyl (C=O) groups is 1. The van der Waals surface area contributed by atoms with Crippen LogP contribution in [0.1, 0.15) is 20.9 Å². The third kappa shape index (κ3) is 4.53. The van der Waals surface area contributed by atoms with Crippen LogP contribution in [0.4, 0.5) is 5.13 Å². The first-order valence-corrected chi connectivity index (χ1v) is 9.47. The van der Waals surface area contributed by atoms with Crippen molar-refractivity contribution < 1.29 is 17.9 Å². The Labute approximate surface area is 145 Å². The molecule has 7 nitrogen and oxygen atoms in total. The van der Waals surface area contributed by atoms with E-state index in [-0.39, 0.29) is 15.9 Å². The van der Waals surface area contributed by atoms with Crippen LogP contribution in [-0.2, 0) is 14.8 Å². The molecule has 0 bridgehead atoms. The average Bonchev–Trinajstić information content (AvgIpc) is 2.87. The van der Waals surface area contributed by atoms with Crippen LogP contribution in [0.2, 0.25) is 0 Å². The average molecular weight is 369 g/mol. The molecule has 0 saturated heterocycles. The number of aromatic nitrogens is 1. The lowest BCUT2D eigenvalue weighted by Gasteiger charge is -2.05. The van der Waals surface area contributed by atoms with Gasteiger partial charge in [0.15, 0.2) is 5.13 Å². The highest BCUT2D eigenvalue weighted by Gasteiger charge is 2.20. The van der Waals surface area contributed by atoms with Gasteiger partial charge in [0.05, 0.1) is 17.2 Å². The lowest BCUT2D eigenvalue weighted by molar-refractivity contribution is 0.0940. The molecule has 1 aromatic heterocycles. The Morgan fingerprint density at radius 3 is 2.54 bits per heavy atom. The zero-order valence-electron chi connectivity index (χ0n) is 13.6. The molecule has 0 fully saturated rings. The van der Waals surface area contributed by atoms with Gasteiger partial charge in [-0.15, -0.1) is 0 Å². The number of methoxy groups -OCH3 is 1. The van der Waals surface area contributed by atoms with E-state index in [2.05, 4.69) is 15.0 Å². The van der Waals surface area contributed by atoms with Crippen LogP contribution in [-0.4, -0.2) is 39.6 Å². The van der Waals surface area contributed by atoms with Gasteiger partial charge in [0, 0.05) is 13.7 Å². The zero-order chi connectivity index (χ0) is 17.7. The molecule has 1 heterocycles. The highest BCUT2D eigenvalue weighted by molar-refractivity contribution is 7.93. The largest absolute Gasteiger partial charge is 0.383 e. The number of carbonyl (C=O) groups excluding carboxylic acids is 1. The molecule has 1 amide bonds. The van der Waals surface area contributed by atoms with Gasteiger partial charge in [-0.3, -0.25) is 9.52 Å². The van der Waals surface area contributed by atoms with E-state index in [1.165, 1.54) is 12.1 Å². The van der Waals surface area contributed by atoms with Crippen LogP contribution in [0.5, 0.6) is 0 Å². The monoisotopic (exact) mass is 369 g/mol. The van der Waals surface area contributed by atoms with Crippen LogP contribution in [0.15, 0.2) is 29.2 Å². The second kappa shape index (κ2) is 7.73. The summed E-state index contributed by atoms with van der Waals surface area (Å²) in [6, 6.07) is 6.49. The first-order valence-electron chi connectivity index (χ1n) is 7.17. The first-order chi connectivity index (χ1) is 11.3. The standard InChI is InChI=1S/C15H19N3O4S2/c1-10-4-6-12(7-5-10)24(20,21)18-15-17-11(2)13(23-15)14(19)16-8-9-22-3/h4-7H,8-9H2,1-3H3,(H,16,19)(H,17,18). The second-order valence-electron chi connectivity index (χ2n) is 5.10. The lowest BCUT2D eigenvalue weighted by Crippen LogP contribution is -2.26. The van der Waals surface area contributed by atoms with Crippen molar-refractivity contribution in [1.82, 2.24) is 10.3 Å². The van der Waals surface area contributed by atoms with E-state index in [0.717, 1.165) is 16.9 Å².